The number of furan rings is 1. The molecule has 0 amide bonds. The quantitative estimate of drug-likeness (QED) is 0.885. The van der Waals surface area contributed by atoms with E-state index in [1.54, 1.807) is 0 Å². The van der Waals surface area contributed by atoms with Crippen LogP contribution in [-0.4, -0.2) is 5.16 Å². The van der Waals surface area contributed by atoms with Gasteiger partial charge in [-0.3, -0.25) is 0 Å². The van der Waals surface area contributed by atoms with Crippen molar-refractivity contribution in [3.63, 3.8) is 0 Å². The predicted molar refractivity (Wildman–Crippen MR) is 74.0 cm³/mol. The minimum absolute atomic E-state index is 0.160. The molecule has 0 saturated carbocycles. The second-order valence-corrected chi connectivity index (χ2v) is 5.04. The van der Waals surface area contributed by atoms with Gasteiger partial charge in [0.25, 0.3) is 0 Å². The maximum atomic E-state index is 5.67. The van der Waals surface area contributed by atoms with Crippen LogP contribution in [0.3, 0.4) is 0 Å². The number of rotatable bonds is 5. The molecule has 0 aliphatic heterocycles. The first kappa shape index (κ1) is 13.9. The fraction of sp³-hybridized carbons (Fsp3) is 0.533. The standard InChI is InChI=1S/C15H22N2O2/c1-6-13(15-11(4)17-19-12(15)5)16-10(3)14-8-7-9(2)18-14/h7-8,10,13,16H,6H2,1-5H3. The number of aryl methyl sites for hydroxylation is 3. The van der Waals surface area contributed by atoms with Crippen LogP contribution >= 0.6 is 0 Å². The maximum Gasteiger partial charge on any atom is 0.138 e. The Kier molecular flexibility index (Phi) is 4.10. The topological polar surface area (TPSA) is 51.2 Å². The van der Waals surface area contributed by atoms with Crippen LogP contribution < -0.4 is 5.32 Å². The van der Waals surface area contributed by atoms with Crippen LogP contribution in [0.5, 0.6) is 0 Å². The molecule has 0 aromatic carbocycles. The van der Waals surface area contributed by atoms with Gasteiger partial charge in [-0.2, -0.15) is 0 Å². The average Bonchev–Trinajstić information content (AvgIpc) is 2.94. The van der Waals surface area contributed by atoms with Crippen molar-refractivity contribution in [2.75, 3.05) is 0 Å². The Labute approximate surface area is 114 Å². The summed E-state index contributed by atoms with van der Waals surface area (Å²) in [5, 5.41) is 7.62. The molecule has 2 atom stereocenters. The number of hydrogen-bond donors (Lipinski definition) is 1. The molecule has 0 aliphatic rings. The zero-order chi connectivity index (χ0) is 14.0. The molecule has 2 rings (SSSR count). The third-order valence-electron chi connectivity index (χ3n) is 3.48. The van der Waals surface area contributed by atoms with Crippen LogP contribution in [-0.2, 0) is 0 Å². The summed E-state index contributed by atoms with van der Waals surface area (Å²) >= 11 is 0. The normalized spacial score (nSPS) is 14.6. The first-order chi connectivity index (χ1) is 9.02. The monoisotopic (exact) mass is 262 g/mol. The van der Waals surface area contributed by atoms with Crippen molar-refractivity contribution in [3.8, 4) is 0 Å². The third-order valence-corrected chi connectivity index (χ3v) is 3.48. The highest BCUT2D eigenvalue weighted by Crippen LogP contribution is 2.27. The van der Waals surface area contributed by atoms with E-state index in [-0.39, 0.29) is 12.1 Å². The molecule has 0 aliphatic carbocycles. The highest BCUT2D eigenvalue weighted by atomic mass is 16.5. The van der Waals surface area contributed by atoms with Gasteiger partial charge >= 0.3 is 0 Å². The van der Waals surface area contributed by atoms with E-state index in [9.17, 15) is 0 Å². The number of nitrogens with zero attached hydrogens (tertiary/aromatic N) is 1. The number of aromatic nitrogens is 1. The number of nitrogens with one attached hydrogen (secondary N) is 1. The molecule has 0 fully saturated rings. The van der Waals surface area contributed by atoms with Gasteiger partial charge in [0.1, 0.15) is 17.3 Å². The SMILES string of the molecule is CCC(NC(C)c1ccc(C)o1)c1c(C)noc1C. The molecule has 1 N–H and O–H groups in total. The summed E-state index contributed by atoms with van der Waals surface area (Å²) in [6.45, 7) is 10.2. The van der Waals surface area contributed by atoms with Gasteiger partial charge in [-0.15, -0.1) is 0 Å². The molecule has 4 nitrogen and oxygen atoms in total. The zero-order valence-corrected chi connectivity index (χ0v) is 12.3. The minimum atomic E-state index is 0.160. The van der Waals surface area contributed by atoms with Crippen molar-refractivity contribution in [2.45, 2.75) is 53.1 Å². The summed E-state index contributed by atoms with van der Waals surface area (Å²) < 4.78 is 10.9. The van der Waals surface area contributed by atoms with E-state index in [4.69, 9.17) is 8.94 Å². The molecular weight excluding hydrogens is 240 g/mol. The molecule has 2 unspecified atom stereocenters. The largest absolute Gasteiger partial charge is 0.465 e. The van der Waals surface area contributed by atoms with Gasteiger partial charge in [0.05, 0.1) is 11.7 Å². The van der Waals surface area contributed by atoms with Gasteiger partial charge in [0, 0.05) is 11.6 Å². The first-order valence-electron chi connectivity index (χ1n) is 6.78. The molecule has 2 heterocycles. The average molecular weight is 262 g/mol. The van der Waals surface area contributed by atoms with Crippen molar-refractivity contribution in [3.05, 3.63) is 40.7 Å². The van der Waals surface area contributed by atoms with Crippen LogP contribution in [0.2, 0.25) is 0 Å². The predicted octanol–water partition coefficient (Wildman–Crippen LogP) is 3.99. The lowest BCUT2D eigenvalue weighted by atomic mass is 10.0. The fourth-order valence-electron chi connectivity index (χ4n) is 2.46. The van der Waals surface area contributed by atoms with Crippen molar-refractivity contribution in [1.29, 1.82) is 0 Å². The van der Waals surface area contributed by atoms with Crippen LogP contribution in [0.15, 0.2) is 21.1 Å². The molecule has 0 saturated heterocycles. The van der Waals surface area contributed by atoms with E-state index in [1.165, 1.54) is 0 Å². The molecule has 19 heavy (non-hydrogen) atoms. The van der Waals surface area contributed by atoms with Gasteiger partial charge in [-0.1, -0.05) is 12.1 Å². The lowest BCUT2D eigenvalue weighted by Crippen LogP contribution is -2.24. The van der Waals surface area contributed by atoms with Gasteiger partial charge < -0.3 is 14.3 Å². The Bertz CT molecular complexity index is 523. The van der Waals surface area contributed by atoms with Crippen LogP contribution in [0.25, 0.3) is 0 Å². The summed E-state index contributed by atoms with van der Waals surface area (Å²) in [5.74, 6) is 2.79. The van der Waals surface area contributed by atoms with Crippen LogP contribution in [0.4, 0.5) is 0 Å². The maximum absolute atomic E-state index is 5.67. The highest BCUT2D eigenvalue weighted by Gasteiger charge is 2.21. The second kappa shape index (κ2) is 5.61. The molecule has 2 aromatic heterocycles. The van der Waals surface area contributed by atoms with Crippen molar-refractivity contribution >= 4 is 0 Å². The summed E-state index contributed by atoms with van der Waals surface area (Å²) in [6, 6.07) is 4.40. The van der Waals surface area contributed by atoms with E-state index < -0.39 is 0 Å². The first-order valence-corrected chi connectivity index (χ1v) is 6.78. The van der Waals surface area contributed by atoms with Crippen molar-refractivity contribution in [2.24, 2.45) is 0 Å². The summed E-state index contributed by atoms with van der Waals surface area (Å²) in [6.07, 6.45) is 0.979. The van der Waals surface area contributed by atoms with Gasteiger partial charge in [-0.25, -0.2) is 0 Å². The summed E-state index contributed by atoms with van der Waals surface area (Å²) in [4.78, 5) is 0. The Hall–Kier alpha value is -1.55. The fourth-order valence-corrected chi connectivity index (χ4v) is 2.46. The molecule has 4 heteroatoms. The van der Waals surface area contributed by atoms with E-state index >= 15 is 0 Å². The van der Waals surface area contributed by atoms with Crippen LogP contribution in [0.1, 0.15) is 60.9 Å². The molecule has 0 spiro atoms. The lowest BCUT2D eigenvalue weighted by molar-refractivity contribution is 0.369. The highest BCUT2D eigenvalue weighted by molar-refractivity contribution is 5.25. The van der Waals surface area contributed by atoms with Crippen molar-refractivity contribution in [1.82, 2.24) is 10.5 Å². The second-order valence-electron chi connectivity index (χ2n) is 5.04. The van der Waals surface area contributed by atoms with E-state index in [0.29, 0.717) is 0 Å². The van der Waals surface area contributed by atoms with Gasteiger partial charge in [0.2, 0.25) is 0 Å². The minimum Gasteiger partial charge on any atom is -0.465 e. The molecule has 104 valence electrons. The Balaban J connectivity index is 2.16. The van der Waals surface area contributed by atoms with E-state index in [0.717, 1.165) is 35.0 Å². The Morgan fingerprint density at radius 1 is 1.26 bits per heavy atom. The number of hydrogen-bond acceptors (Lipinski definition) is 4. The third kappa shape index (κ3) is 2.89. The van der Waals surface area contributed by atoms with E-state index in [1.807, 2.05) is 32.9 Å². The van der Waals surface area contributed by atoms with Crippen molar-refractivity contribution < 1.29 is 8.94 Å². The van der Waals surface area contributed by atoms with E-state index in [2.05, 4.69) is 24.3 Å². The smallest absolute Gasteiger partial charge is 0.138 e. The molecule has 0 radical (unpaired) electrons. The molecule has 0 bridgehead atoms. The summed E-state index contributed by atoms with van der Waals surface area (Å²) in [5.41, 5.74) is 2.12. The Morgan fingerprint density at radius 3 is 2.47 bits per heavy atom. The molecule has 2 aromatic rings. The van der Waals surface area contributed by atoms with Gasteiger partial charge in [0.15, 0.2) is 0 Å². The van der Waals surface area contributed by atoms with Crippen LogP contribution in [0, 0.1) is 20.8 Å². The lowest BCUT2D eigenvalue weighted by Gasteiger charge is -2.21. The van der Waals surface area contributed by atoms with Gasteiger partial charge in [-0.05, 0) is 46.2 Å². The summed E-state index contributed by atoms with van der Waals surface area (Å²) in [7, 11) is 0. The molecular formula is C15H22N2O2. The Morgan fingerprint density at radius 2 is 2.00 bits per heavy atom. The zero-order valence-electron chi connectivity index (χ0n) is 12.3.